The highest BCUT2D eigenvalue weighted by molar-refractivity contribution is 7.98. The molecule has 1 saturated heterocycles. The molecule has 0 unspecified atom stereocenters. The normalized spacial score (nSPS) is 15.4. The molecule has 1 N–H and O–H groups in total. The summed E-state index contributed by atoms with van der Waals surface area (Å²) in [7, 11) is 1.64. The van der Waals surface area contributed by atoms with Crippen molar-refractivity contribution < 1.29 is 9.53 Å². The molecule has 1 fully saturated rings. The second-order valence-corrected chi connectivity index (χ2v) is 8.21. The minimum Gasteiger partial charge on any atom is -0.497 e. The minimum absolute atomic E-state index is 0.0876. The van der Waals surface area contributed by atoms with Gasteiger partial charge in [0.15, 0.2) is 0 Å². The van der Waals surface area contributed by atoms with E-state index in [1.165, 1.54) is 10.5 Å². The lowest BCUT2D eigenvalue weighted by Gasteiger charge is -2.32. The van der Waals surface area contributed by atoms with Gasteiger partial charge in [-0.05, 0) is 67.4 Å². The number of piperidine rings is 1. The van der Waals surface area contributed by atoms with Crippen LogP contribution in [0.5, 0.6) is 5.75 Å². The molecule has 1 heterocycles. The zero-order chi connectivity index (χ0) is 19.8. The van der Waals surface area contributed by atoms with Gasteiger partial charge in [0, 0.05) is 18.0 Å². The second-order valence-electron chi connectivity index (χ2n) is 7.36. The van der Waals surface area contributed by atoms with Gasteiger partial charge in [-0.1, -0.05) is 30.3 Å². The number of hydrogen-bond donors (Lipinski definition) is 1. The van der Waals surface area contributed by atoms with Crippen LogP contribution in [0, 0.1) is 5.92 Å². The summed E-state index contributed by atoms with van der Waals surface area (Å²) < 4.78 is 5.22. The first-order valence-electron chi connectivity index (χ1n) is 9.92. The molecule has 0 aromatic heterocycles. The van der Waals surface area contributed by atoms with E-state index in [2.05, 4.69) is 40.7 Å². The molecule has 1 aliphatic heterocycles. The third-order valence-corrected chi connectivity index (χ3v) is 6.22. The minimum atomic E-state index is 0.0876. The summed E-state index contributed by atoms with van der Waals surface area (Å²) in [6.07, 6.45) is 4.82. The predicted octanol–water partition coefficient (Wildman–Crippen LogP) is 3.99. The van der Waals surface area contributed by atoms with Crippen LogP contribution in [0.4, 0.5) is 0 Å². The Hall–Kier alpha value is -1.98. The zero-order valence-corrected chi connectivity index (χ0v) is 17.6. The van der Waals surface area contributed by atoms with Crippen molar-refractivity contribution in [1.29, 1.82) is 0 Å². The Labute approximate surface area is 172 Å². The number of thioether (sulfide) groups is 1. The molecule has 0 saturated carbocycles. The number of carbonyl (C=O) groups excluding carboxylic acids is 1. The van der Waals surface area contributed by atoms with Gasteiger partial charge in [0.1, 0.15) is 5.75 Å². The van der Waals surface area contributed by atoms with Crippen LogP contribution in [0.15, 0.2) is 53.4 Å². The average molecular weight is 399 g/mol. The first-order valence-corrected chi connectivity index (χ1v) is 11.1. The molecule has 0 bridgehead atoms. The number of nitrogens with one attached hydrogen (secondary N) is 1. The van der Waals surface area contributed by atoms with E-state index >= 15 is 0 Å². The molecule has 3 rings (SSSR count). The van der Waals surface area contributed by atoms with Crippen molar-refractivity contribution in [3.05, 3.63) is 59.7 Å². The third-order valence-electron chi connectivity index (χ3n) is 5.38. The van der Waals surface area contributed by atoms with Gasteiger partial charge < -0.3 is 10.1 Å². The van der Waals surface area contributed by atoms with Crippen molar-refractivity contribution in [1.82, 2.24) is 10.2 Å². The topological polar surface area (TPSA) is 41.6 Å². The fourth-order valence-corrected chi connectivity index (χ4v) is 4.32. The fraction of sp³-hybridized carbons (Fsp3) is 0.435. The highest BCUT2D eigenvalue weighted by Gasteiger charge is 2.20. The summed E-state index contributed by atoms with van der Waals surface area (Å²) in [5, 5.41) is 3.12. The maximum absolute atomic E-state index is 12.3. The van der Waals surface area contributed by atoms with E-state index in [9.17, 15) is 4.79 Å². The van der Waals surface area contributed by atoms with E-state index in [1.807, 2.05) is 36.0 Å². The van der Waals surface area contributed by atoms with Gasteiger partial charge in [0.05, 0.1) is 13.5 Å². The fourth-order valence-electron chi connectivity index (χ4n) is 3.71. The van der Waals surface area contributed by atoms with Crippen LogP contribution < -0.4 is 10.1 Å². The number of nitrogens with zero attached hydrogens (tertiary/aromatic N) is 1. The maximum atomic E-state index is 12.3. The van der Waals surface area contributed by atoms with Crippen LogP contribution in [0.2, 0.25) is 0 Å². The number of benzene rings is 2. The van der Waals surface area contributed by atoms with Gasteiger partial charge in [0.2, 0.25) is 5.91 Å². The Balaban J connectivity index is 1.40. The predicted molar refractivity (Wildman–Crippen MR) is 116 cm³/mol. The summed E-state index contributed by atoms with van der Waals surface area (Å²) in [6.45, 7) is 3.99. The first kappa shape index (κ1) is 20.7. The van der Waals surface area contributed by atoms with Crippen molar-refractivity contribution in [2.24, 2.45) is 5.92 Å². The third kappa shape index (κ3) is 6.01. The van der Waals surface area contributed by atoms with E-state index < -0.39 is 0 Å². The van der Waals surface area contributed by atoms with Crippen LogP contribution in [0.1, 0.15) is 24.0 Å². The highest BCUT2D eigenvalue weighted by Crippen LogP contribution is 2.24. The van der Waals surface area contributed by atoms with Crippen molar-refractivity contribution in [3.8, 4) is 5.75 Å². The van der Waals surface area contributed by atoms with Crippen LogP contribution in [0.25, 0.3) is 0 Å². The lowest BCUT2D eigenvalue weighted by molar-refractivity contribution is -0.120. The Morgan fingerprint density at radius 1 is 1.18 bits per heavy atom. The summed E-state index contributed by atoms with van der Waals surface area (Å²) in [6, 6.07) is 16.4. The lowest BCUT2D eigenvalue weighted by atomic mass is 9.96. The first-order chi connectivity index (χ1) is 13.7. The van der Waals surface area contributed by atoms with Crippen molar-refractivity contribution in [2.45, 2.75) is 30.7 Å². The van der Waals surface area contributed by atoms with Crippen LogP contribution in [0.3, 0.4) is 0 Å². The Kier molecular flexibility index (Phi) is 7.80. The van der Waals surface area contributed by atoms with Gasteiger partial charge in [-0.3, -0.25) is 9.69 Å². The number of carbonyl (C=O) groups is 1. The van der Waals surface area contributed by atoms with E-state index in [0.717, 1.165) is 50.3 Å². The van der Waals surface area contributed by atoms with E-state index in [4.69, 9.17) is 4.74 Å². The Bertz CT molecular complexity index is 773. The van der Waals surface area contributed by atoms with E-state index in [0.29, 0.717) is 12.3 Å². The monoisotopic (exact) mass is 398 g/mol. The molecule has 0 spiro atoms. The van der Waals surface area contributed by atoms with Gasteiger partial charge >= 0.3 is 0 Å². The Morgan fingerprint density at radius 2 is 1.96 bits per heavy atom. The van der Waals surface area contributed by atoms with Crippen molar-refractivity contribution >= 4 is 17.7 Å². The number of ether oxygens (including phenoxy) is 1. The molecule has 2 aromatic carbocycles. The van der Waals surface area contributed by atoms with Gasteiger partial charge in [-0.15, -0.1) is 11.8 Å². The highest BCUT2D eigenvalue weighted by atomic mass is 32.2. The van der Waals surface area contributed by atoms with Crippen LogP contribution >= 0.6 is 11.8 Å². The SMILES string of the molecule is COc1cccc(CC(=O)NCC2CCN(Cc3ccccc3SC)CC2)c1. The summed E-state index contributed by atoms with van der Waals surface area (Å²) in [4.78, 5) is 16.2. The molecule has 0 radical (unpaired) electrons. The van der Waals surface area contributed by atoms with E-state index in [-0.39, 0.29) is 5.91 Å². The molecular weight excluding hydrogens is 368 g/mol. The molecule has 150 valence electrons. The summed E-state index contributed by atoms with van der Waals surface area (Å²) >= 11 is 1.82. The lowest BCUT2D eigenvalue weighted by Crippen LogP contribution is -2.38. The van der Waals surface area contributed by atoms with Gasteiger partial charge in [0.25, 0.3) is 0 Å². The smallest absolute Gasteiger partial charge is 0.224 e. The largest absolute Gasteiger partial charge is 0.497 e. The van der Waals surface area contributed by atoms with Crippen LogP contribution in [-0.2, 0) is 17.8 Å². The number of amides is 1. The molecule has 5 heteroatoms. The van der Waals surface area contributed by atoms with Crippen molar-refractivity contribution in [2.75, 3.05) is 33.0 Å². The van der Waals surface area contributed by atoms with Gasteiger partial charge in [-0.2, -0.15) is 0 Å². The number of methoxy groups -OCH3 is 1. The molecule has 1 amide bonds. The maximum Gasteiger partial charge on any atom is 0.224 e. The Morgan fingerprint density at radius 3 is 2.71 bits per heavy atom. The summed E-state index contributed by atoms with van der Waals surface area (Å²) in [5.41, 5.74) is 2.40. The summed E-state index contributed by atoms with van der Waals surface area (Å²) in [5.74, 6) is 1.45. The zero-order valence-electron chi connectivity index (χ0n) is 16.8. The molecule has 0 atom stereocenters. The number of likely N-dealkylation sites (tertiary alicyclic amines) is 1. The molecule has 0 aliphatic carbocycles. The number of hydrogen-bond acceptors (Lipinski definition) is 4. The second kappa shape index (κ2) is 10.5. The molecule has 4 nitrogen and oxygen atoms in total. The van der Waals surface area contributed by atoms with Gasteiger partial charge in [-0.25, -0.2) is 0 Å². The van der Waals surface area contributed by atoms with E-state index in [1.54, 1.807) is 7.11 Å². The average Bonchev–Trinajstić information content (AvgIpc) is 2.74. The quantitative estimate of drug-likeness (QED) is 0.683. The molecular formula is C23H30N2O2S. The standard InChI is InChI=1S/C23H30N2O2S/c1-27-21-8-5-6-19(14-21)15-23(26)24-16-18-10-12-25(13-11-18)17-20-7-3-4-9-22(20)28-2/h3-9,14,18H,10-13,15-17H2,1-2H3,(H,24,26). The molecule has 2 aromatic rings. The molecule has 28 heavy (non-hydrogen) atoms. The van der Waals surface area contributed by atoms with Crippen LogP contribution in [-0.4, -0.2) is 43.8 Å². The van der Waals surface area contributed by atoms with Crippen molar-refractivity contribution in [3.63, 3.8) is 0 Å². The molecule has 1 aliphatic rings. The number of rotatable bonds is 8.